The zero-order valence-electron chi connectivity index (χ0n) is 13.6. The lowest BCUT2D eigenvalue weighted by Gasteiger charge is -2.26. The first-order valence-electron chi connectivity index (χ1n) is 8.02. The normalized spacial score (nSPS) is 18.0. The molecule has 26 heavy (non-hydrogen) atoms. The molecule has 4 rings (SSSR count). The van der Waals surface area contributed by atoms with Gasteiger partial charge in [0, 0.05) is 28.2 Å². The highest BCUT2D eigenvalue weighted by Gasteiger charge is 2.29. The third-order valence-electron chi connectivity index (χ3n) is 4.23. The van der Waals surface area contributed by atoms with Gasteiger partial charge in [-0.15, -0.1) is 0 Å². The van der Waals surface area contributed by atoms with Gasteiger partial charge in [0.05, 0.1) is 24.1 Å². The Bertz CT molecular complexity index is 1010. The molecule has 128 valence electrons. The quantitative estimate of drug-likeness (QED) is 0.722. The second-order valence-electron chi connectivity index (χ2n) is 6.03. The van der Waals surface area contributed by atoms with Gasteiger partial charge in [0.1, 0.15) is 0 Å². The number of carbonyl (C=O) groups is 1. The van der Waals surface area contributed by atoms with Crippen LogP contribution in [0.4, 0.5) is 11.4 Å². The van der Waals surface area contributed by atoms with Crippen molar-refractivity contribution in [3.05, 3.63) is 70.4 Å². The molecule has 1 unspecified atom stereocenters. The fraction of sp³-hybridized carbons (Fsp3) is 0.105. The standard InChI is InChI=1S/C19H14ClN5O/c20-13-4-5-15-16(8-13)24-17(26)7-12-10-22-19(25-18(12)15)23-14-3-1-2-11(6-14)9-21/h1-6,8,10,18H,7H2,(H,24,26)(H2,22,23,25). The Morgan fingerprint density at radius 2 is 2.15 bits per heavy atom. The summed E-state index contributed by atoms with van der Waals surface area (Å²) in [6, 6.07) is 14.5. The monoisotopic (exact) mass is 363 g/mol. The van der Waals surface area contributed by atoms with Crippen molar-refractivity contribution in [2.75, 3.05) is 10.6 Å². The molecule has 0 saturated heterocycles. The van der Waals surface area contributed by atoms with Crippen molar-refractivity contribution in [2.45, 2.75) is 12.5 Å². The number of hydrogen-bond donors (Lipinski definition) is 3. The highest BCUT2D eigenvalue weighted by Crippen LogP contribution is 2.36. The molecule has 7 heteroatoms. The van der Waals surface area contributed by atoms with E-state index in [1.807, 2.05) is 12.1 Å². The van der Waals surface area contributed by atoms with Crippen LogP contribution in [0.2, 0.25) is 5.02 Å². The van der Waals surface area contributed by atoms with Gasteiger partial charge in [-0.25, -0.2) is 4.99 Å². The Labute approximate surface area is 155 Å². The van der Waals surface area contributed by atoms with Crippen LogP contribution >= 0.6 is 11.6 Å². The van der Waals surface area contributed by atoms with E-state index in [0.717, 1.165) is 16.8 Å². The Morgan fingerprint density at radius 3 is 3.00 bits per heavy atom. The first-order chi connectivity index (χ1) is 12.6. The van der Waals surface area contributed by atoms with E-state index in [4.69, 9.17) is 16.9 Å². The fourth-order valence-corrected chi connectivity index (χ4v) is 3.23. The number of fused-ring (bicyclic) bond motifs is 3. The van der Waals surface area contributed by atoms with E-state index in [2.05, 4.69) is 27.0 Å². The average Bonchev–Trinajstić information content (AvgIpc) is 2.76. The highest BCUT2D eigenvalue weighted by molar-refractivity contribution is 6.31. The number of guanidine groups is 1. The van der Waals surface area contributed by atoms with Crippen molar-refractivity contribution < 1.29 is 4.79 Å². The number of carbonyl (C=O) groups excluding carboxylic acids is 1. The van der Waals surface area contributed by atoms with E-state index >= 15 is 0 Å². The lowest BCUT2D eigenvalue weighted by Crippen LogP contribution is -2.37. The van der Waals surface area contributed by atoms with Gasteiger partial charge in [-0.3, -0.25) is 4.79 Å². The molecule has 1 amide bonds. The van der Waals surface area contributed by atoms with E-state index in [1.165, 1.54) is 0 Å². The predicted molar refractivity (Wildman–Crippen MR) is 101 cm³/mol. The number of amides is 1. The van der Waals surface area contributed by atoms with Gasteiger partial charge in [-0.05, 0) is 35.9 Å². The molecule has 2 aliphatic heterocycles. The summed E-state index contributed by atoms with van der Waals surface area (Å²) >= 11 is 6.07. The molecule has 1 atom stereocenters. The summed E-state index contributed by atoms with van der Waals surface area (Å²) < 4.78 is 0. The second-order valence-corrected chi connectivity index (χ2v) is 6.47. The predicted octanol–water partition coefficient (Wildman–Crippen LogP) is 3.55. The number of nitrogens with one attached hydrogen (secondary N) is 3. The summed E-state index contributed by atoms with van der Waals surface area (Å²) in [6.07, 6.45) is 1.96. The Balaban J connectivity index is 1.66. The van der Waals surface area contributed by atoms with Gasteiger partial charge in [0.25, 0.3) is 0 Å². The zero-order valence-corrected chi connectivity index (χ0v) is 14.3. The Hall–Kier alpha value is -3.30. The summed E-state index contributed by atoms with van der Waals surface area (Å²) in [5, 5.41) is 19.0. The van der Waals surface area contributed by atoms with E-state index in [0.29, 0.717) is 22.2 Å². The number of halogens is 1. The molecular formula is C19H14ClN5O. The molecule has 6 nitrogen and oxygen atoms in total. The first-order valence-corrected chi connectivity index (χ1v) is 8.40. The molecule has 0 aliphatic carbocycles. The maximum atomic E-state index is 12.1. The molecule has 3 N–H and O–H groups in total. The minimum absolute atomic E-state index is 0.0996. The summed E-state index contributed by atoms with van der Waals surface area (Å²) in [7, 11) is 0. The van der Waals surface area contributed by atoms with Crippen LogP contribution in [-0.4, -0.2) is 11.9 Å². The molecule has 2 aromatic carbocycles. The highest BCUT2D eigenvalue weighted by atomic mass is 35.5. The Morgan fingerprint density at radius 1 is 1.27 bits per heavy atom. The minimum Gasteiger partial charge on any atom is -0.345 e. The van der Waals surface area contributed by atoms with Crippen molar-refractivity contribution in [1.82, 2.24) is 5.32 Å². The zero-order chi connectivity index (χ0) is 18.1. The number of nitriles is 1. The molecule has 0 radical (unpaired) electrons. The number of nitrogens with zero attached hydrogens (tertiary/aromatic N) is 2. The van der Waals surface area contributed by atoms with Gasteiger partial charge in [0.2, 0.25) is 11.9 Å². The summed E-state index contributed by atoms with van der Waals surface area (Å²) in [4.78, 5) is 16.5. The molecule has 2 aromatic rings. The van der Waals surface area contributed by atoms with Crippen LogP contribution in [0.3, 0.4) is 0 Å². The van der Waals surface area contributed by atoms with E-state index < -0.39 is 0 Å². The molecule has 0 bridgehead atoms. The van der Waals surface area contributed by atoms with Crippen LogP contribution < -0.4 is 16.0 Å². The van der Waals surface area contributed by atoms with E-state index in [-0.39, 0.29) is 18.4 Å². The largest absolute Gasteiger partial charge is 0.345 e. The maximum Gasteiger partial charge on any atom is 0.228 e. The number of aliphatic imine (C=N–C) groups is 1. The first kappa shape index (κ1) is 16.2. The Kier molecular flexibility index (Phi) is 4.07. The SMILES string of the molecule is N#Cc1cccc(NC2=NC=C3CC(=O)Nc4cc(Cl)ccc4C3N2)c1. The summed E-state index contributed by atoms with van der Waals surface area (Å²) in [5.74, 6) is 0.446. The second kappa shape index (κ2) is 6.54. The minimum atomic E-state index is -0.194. The molecule has 0 saturated carbocycles. The third kappa shape index (κ3) is 3.13. The molecular weight excluding hydrogens is 350 g/mol. The average molecular weight is 364 g/mol. The van der Waals surface area contributed by atoms with Crippen molar-refractivity contribution >= 4 is 34.8 Å². The van der Waals surface area contributed by atoms with Gasteiger partial charge in [-0.1, -0.05) is 23.7 Å². The van der Waals surface area contributed by atoms with Gasteiger partial charge in [-0.2, -0.15) is 5.26 Å². The van der Waals surface area contributed by atoms with Gasteiger partial charge in [0.15, 0.2) is 0 Å². The van der Waals surface area contributed by atoms with Crippen LogP contribution in [0.1, 0.15) is 23.6 Å². The van der Waals surface area contributed by atoms with E-state index in [9.17, 15) is 4.79 Å². The maximum absolute atomic E-state index is 12.1. The number of anilines is 2. The number of rotatable bonds is 1. The van der Waals surface area contributed by atoms with Crippen LogP contribution in [0.15, 0.2) is 59.2 Å². The van der Waals surface area contributed by atoms with Crippen LogP contribution in [0, 0.1) is 11.3 Å². The summed E-state index contributed by atoms with van der Waals surface area (Å²) in [5.41, 5.74) is 3.81. The smallest absolute Gasteiger partial charge is 0.228 e. The molecule has 2 heterocycles. The van der Waals surface area contributed by atoms with Gasteiger partial charge >= 0.3 is 0 Å². The molecule has 2 aliphatic rings. The number of benzene rings is 2. The topological polar surface area (TPSA) is 89.3 Å². The number of hydrogen-bond acceptors (Lipinski definition) is 5. The van der Waals surface area contributed by atoms with Crippen molar-refractivity contribution in [3.8, 4) is 6.07 Å². The van der Waals surface area contributed by atoms with E-state index in [1.54, 1.807) is 36.5 Å². The van der Waals surface area contributed by atoms with Crippen LogP contribution in [0.5, 0.6) is 0 Å². The van der Waals surface area contributed by atoms with Crippen LogP contribution in [0.25, 0.3) is 0 Å². The van der Waals surface area contributed by atoms with Crippen molar-refractivity contribution in [2.24, 2.45) is 4.99 Å². The lowest BCUT2D eigenvalue weighted by atomic mass is 9.96. The van der Waals surface area contributed by atoms with Gasteiger partial charge < -0.3 is 16.0 Å². The van der Waals surface area contributed by atoms with Crippen LogP contribution in [-0.2, 0) is 4.79 Å². The molecule has 0 fully saturated rings. The summed E-state index contributed by atoms with van der Waals surface area (Å²) in [6.45, 7) is 0. The third-order valence-corrected chi connectivity index (χ3v) is 4.47. The van der Waals surface area contributed by atoms with Crippen molar-refractivity contribution in [1.29, 1.82) is 5.26 Å². The lowest BCUT2D eigenvalue weighted by molar-refractivity contribution is -0.115. The molecule has 0 spiro atoms. The molecule has 0 aromatic heterocycles. The van der Waals surface area contributed by atoms with Crippen molar-refractivity contribution in [3.63, 3.8) is 0 Å². The fourth-order valence-electron chi connectivity index (χ4n) is 3.05.